The number of thioether (sulfide) groups is 1. The first kappa shape index (κ1) is 14.8. The number of carboxylic acid groups (broad SMARTS) is 1. The summed E-state index contributed by atoms with van der Waals surface area (Å²) in [5.41, 5.74) is 0.515. The summed E-state index contributed by atoms with van der Waals surface area (Å²) >= 11 is 12.0. The number of amides is 1. The molecule has 1 fully saturated rings. The van der Waals surface area contributed by atoms with Crippen molar-refractivity contribution in [1.82, 2.24) is 5.32 Å². The van der Waals surface area contributed by atoms with E-state index in [1.54, 1.807) is 24.3 Å². The molecule has 1 aromatic carbocycles. The van der Waals surface area contributed by atoms with Crippen molar-refractivity contribution in [1.29, 1.82) is 0 Å². The molecule has 0 saturated carbocycles. The smallest absolute Gasteiger partial charge is 0.341 e. The number of thiocarbonyl (C=S) groups is 1. The first-order chi connectivity index (χ1) is 9.47. The first-order valence-corrected chi connectivity index (χ1v) is 6.95. The summed E-state index contributed by atoms with van der Waals surface area (Å²) < 4.78 is 5.52. The summed E-state index contributed by atoms with van der Waals surface area (Å²) in [7, 11) is 0. The molecular weight excluding hydrogens is 322 g/mol. The average molecular weight is 330 g/mol. The number of carbonyl (C=O) groups is 2. The van der Waals surface area contributed by atoms with Crippen LogP contribution in [0.25, 0.3) is 6.08 Å². The monoisotopic (exact) mass is 329 g/mol. The van der Waals surface area contributed by atoms with Gasteiger partial charge in [-0.15, -0.1) is 0 Å². The van der Waals surface area contributed by atoms with E-state index in [0.717, 1.165) is 11.8 Å². The number of halogens is 1. The molecule has 0 spiro atoms. The Balaban J connectivity index is 2.34. The van der Waals surface area contributed by atoms with Gasteiger partial charge in [-0.2, -0.15) is 0 Å². The van der Waals surface area contributed by atoms with E-state index in [9.17, 15) is 9.59 Å². The Kier molecular flexibility index (Phi) is 4.64. The van der Waals surface area contributed by atoms with E-state index in [4.69, 9.17) is 33.7 Å². The Bertz CT molecular complexity index is 630. The third-order valence-corrected chi connectivity index (χ3v) is 3.73. The van der Waals surface area contributed by atoms with Crippen molar-refractivity contribution >= 4 is 57.9 Å². The average Bonchev–Trinajstić information content (AvgIpc) is 2.67. The van der Waals surface area contributed by atoms with Crippen LogP contribution in [0.1, 0.15) is 5.56 Å². The van der Waals surface area contributed by atoms with Crippen LogP contribution in [-0.2, 0) is 9.59 Å². The molecule has 104 valence electrons. The molecule has 0 bridgehead atoms. The van der Waals surface area contributed by atoms with Gasteiger partial charge in [0.05, 0.1) is 9.93 Å². The highest BCUT2D eigenvalue weighted by atomic mass is 35.5. The van der Waals surface area contributed by atoms with E-state index in [2.05, 4.69) is 5.32 Å². The van der Waals surface area contributed by atoms with Crippen LogP contribution in [0.2, 0.25) is 5.02 Å². The first-order valence-electron chi connectivity index (χ1n) is 5.35. The lowest BCUT2D eigenvalue weighted by molar-refractivity contribution is -0.139. The molecule has 20 heavy (non-hydrogen) atoms. The summed E-state index contributed by atoms with van der Waals surface area (Å²) in [5.74, 6) is -1.20. The van der Waals surface area contributed by atoms with Crippen molar-refractivity contribution in [2.24, 2.45) is 0 Å². The minimum absolute atomic E-state index is 0.218. The summed E-state index contributed by atoms with van der Waals surface area (Å²) in [5, 5.41) is 11.4. The minimum atomic E-state index is -1.11. The van der Waals surface area contributed by atoms with Crippen LogP contribution in [0.5, 0.6) is 5.75 Å². The molecule has 2 N–H and O–H groups in total. The summed E-state index contributed by atoms with van der Waals surface area (Å²) in [6.45, 7) is -0.516. The number of aliphatic carboxylic acids is 1. The second-order valence-electron chi connectivity index (χ2n) is 3.69. The second kappa shape index (κ2) is 6.25. The van der Waals surface area contributed by atoms with E-state index in [0.29, 0.717) is 14.8 Å². The molecule has 1 aromatic rings. The highest BCUT2D eigenvalue weighted by Gasteiger charge is 2.22. The van der Waals surface area contributed by atoms with Crippen molar-refractivity contribution in [2.75, 3.05) is 6.61 Å². The normalized spacial score (nSPS) is 16.4. The number of ether oxygens (including phenoxy) is 1. The quantitative estimate of drug-likeness (QED) is 0.652. The third kappa shape index (κ3) is 3.50. The van der Waals surface area contributed by atoms with Crippen molar-refractivity contribution in [3.8, 4) is 5.75 Å². The number of para-hydroxylation sites is 1. The Morgan fingerprint density at radius 2 is 2.30 bits per heavy atom. The van der Waals surface area contributed by atoms with Gasteiger partial charge in [-0.25, -0.2) is 4.79 Å². The molecule has 0 aromatic heterocycles. The Labute approximate surface area is 128 Å². The number of nitrogens with one attached hydrogen (secondary N) is 1. The van der Waals surface area contributed by atoms with E-state index in [-0.39, 0.29) is 16.7 Å². The number of rotatable bonds is 4. The maximum absolute atomic E-state index is 11.6. The van der Waals surface area contributed by atoms with Gasteiger partial charge in [0.15, 0.2) is 6.61 Å². The van der Waals surface area contributed by atoms with Gasteiger partial charge in [-0.1, -0.05) is 47.7 Å². The number of carbonyl (C=O) groups excluding carboxylic acids is 1. The Morgan fingerprint density at radius 3 is 2.90 bits per heavy atom. The zero-order valence-electron chi connectivity index (χ0n) is 9.88. The molecule has 1 aliphatic rings. The van der Waals surface area contributed by atoms with Gasteiger partial charge in [-0.05, 0) is 12.1 Å². The molecule has 0 atom stereocenters. The predicted molar refractivity (Wildman–Crippen MR) is 80.9 cm³/mol. The highest BCUT2D eigenvalue weighted by molar-refractivity contribution is 8.26. The summed E-state index contributed by atoms with van der Waals surface area (Å²) in [6, 6.07) is 4.93. The third-order valence-electron chi connectivity index (χ3n) is 2.27. The topological polar surface area (TPSA) is 75.6 Å². The van der Waals surface area contributed by atoms with Gasteiger partial charge in [0, 0.05) is 5.56 Å². The van der Waals surface area contributed by atoms with Crippen molar-refractivity contribution in [3.63, 3.8) is 0 Å². The summed E-state index contributed by atoms with van der Waals surface area (Å²) in [6.07, 6.45) is 1.56. The predicted octanol–water partition coefficient (Wildman–Crippen LogP) is 2.29. The Hall–Kier alpha value is -1.57. The molecule has 5 nitrogen and oxygen atoms in total. The van der Waals surface area contributed by atoms with Gasteiger partial charge in [0.25, 0.3) is 5.91 Å². The number of benzene rings is 1. The van der Waals surface area contributed by atoms with Crippen molar-refractivity contribution in [2.45, 2.75) is 0 Å². The lowest BCUT2D eigenvalue weighted by Crippen LogP contribution is -2.17. The van der Waals surface area contributed by atoms with E-state index in [1.165, 1.54) is 0 Å². The van der Waals surface area contributed by atoms with Crippen LogP contribution >= 0.6 is 35.6 Å². The zero-order valence-corrected chi connectivity index (χ0v) is 12.3. The van der Waals surface area contributed by atoms with Crippen LogP contribution in [0.3, 0.4) is 0 Å². The number of carboxylic acids is 1. The number of hydrogen-bond acceptors (Lipinski definition) is 5. The SMILES string of the molecule is O=C(O)COc1c(Cl)cccc1/C=C1\SC(=S)NC1=O. The lowest BCUT2D eigenvalue weighted by atomic mass is 10.2. The fourth-order valence-corrected chi connectivity index (χ4v) is 2.76. The molecule has 0 radical (unpaired) electrons. The molecule has 1 amide bonds. The van der Waals surface area contributed by atoms with Crippen LogP contribution < -0.4 is 10.1 Å². The van der Waals surface area contributed by atoms with Gasteiger partial charge in [-0.3, -0.25) is 4.79 Å². The fourth-order valence-electron chi connectivity index (χ4n) is 1.49. The number of hydrogen-bond donors (Lipinski definition) is 2. The van der Waals surface area contributed by atoms with Crippen LogP contribution in [0, 0.1) is 0 Å². The molecule has 1 heterocycles. The fraction of sp³-hybridized carbons (Fsp3) is 0.0833. The lowest BCUT2D eigenvalue weighted by Gasteiger charge is -2.09. The molecule has 2 rings (SSSR count). The second-order valence-corrected chi connectivity index (χ2v) is 5.82. The molecule has 8 heteroatoms. The van der Waals surface area contributed by atoms with Crippen LogP contribution in [0.4, 0.5) is 0 Å². The zero-order chi connectivity index (χ0) is 14.7. The minimum Gasteiger partial charge on any atom is -0.480 e. The molecule has 0 unspecified atom stereocenters. The molecule has 0 aliphatic carbocycles. The van der Waals surface area contributed by atoms with Gasteiger partial charge >= 0.3 is 5.97 Å². The van der Waals surface area contributed by atoms with Crippen molar-refractivity contribution < 1.29 is 19.4 Å². The van der Waals surface area contributed by atoms with E-state index in [1.807, 2.05) is 0 Å². The maximum atomic E-state index is 11.6. The Morgan fingerprint density at radius 1 is 1.55 bits per heavy atom. The van der Waals surface area contributed by atoms with Gasteiger partial charge in [0.2, 0.25) is 0 Å². The summed E-state index contributed by atoms with van der Waals surface area (Å²) in [4.78, 5) is 22.6. The highest BCUT2D eigenvalue weighted by Crippen LogP contribution is 2.33. The van der Waals surface area contributed by atoms with E-state index < -0.39 is 12.6 Å². The maximum Gasteiger partial charge on any atom is 0.341 e. The van der Waals surface area contributed by atoms with Crippen LogP contribution in [0.15, 0.2) is 23.1 Å². The molecular formula is C12H8ClNO4S2. The van der Waals surface area contributed by atoms with Gasteiger partial charge in [0.1, 0.15) is 10.1 Å². The molecule has 1 saturated heterocycles. The van der Waals surface area contributed by atoms with E-state index >= 15 is 0 Å². The van der Waals surface area contributed by atoms with Crippen LogP contribution in [-0.4, -0.2) is 27.9 Å². The largest absolute Gasteiger partial charge is 0.480 e. The van der Waals surface area contributed by atoms with Crippen molar-refractivity contribution in [3.05, 3.63) is 33.7 Å². The standard InChI is InChI=1S/C12H8ClNO4S2/c13-7-3-1-2-6(10(7)18-5-9(15)16)4-8-11(17)14-12(19)20-8/h1-4H,5H2,(H,15,16)(H,14,17,19)/b8-4-. The van der Waals surface area contributed by atoms with Gasteiger partial charge < -0.3 is 15.2 Å². The molecule has 1 aliphatic heterocycles.